The van der Waals surface area contributed by atoms with Gasteiger partial charge in [-0.25, -0.2) is 0 Å². The van der Waals surface area contributed by atoms with Gasteiger partial charge in [-0.3, -0.25) is 4.68 Å². The lowest BCUT2D eigenvalue weighted by Gasteiger charge is -1.94. The van der Waals surface area contributed by atoms with E-state index in [1.54, 1.807) is 10.9 Å². The Balaban J connectivity index is 1.87. The SMILES string of the molecule is Cn1cc(NCC#Cc2ccccc2)cn1. The summed E-state index contributed by atoms with van der Waals surface area (Å²) in [7, 11) is 1.89. The fourth-order valence-corrected chi connectivity index (χ4v) is 1.33. The maximum absolute atomic E-state index is 4.06. The third-order valence-corrected chi connectivity index (χ3v) is 2.09. The minimum atomic E-state index is 0.626. The van der Waals surface area contributed by atoms with Crippen LogP contribution in [0.2, 0.25) is 0 Å². The number of hydrogen-bond donors (Lipinski definition) is 1. The summed E-state index contributed by atoms with van der Waals surface area (Å²) in [5.74, 6) is 6.14. The van der Waals surface area contributed by atoms with Crippen LogP contribution in [0.1, 0.15) is 5.56 Å². The molecule has 2 rings (SSSR count). The van der Waals surface area contributed by atoms with Gasteiger partial charge >= 0.3 is 0 Å². The Morgan fingerprint density at radius 2 is 2.12 bits per heavy atom. The number of benzene rings is 1. The zero-order chi connectivity index (χ0) is 11.2. The van der Waals surface area contributed by atoms with Gasteiger partial charge in [0.05, 0.1) is 18.4 Å². The molecule has 0 saturated carbocycles. The van der Waals surface area contributed by atoms with Crippen molar-refractivity contribution < 1.29 is 0 Å². The van der Waals surface area contributed by atoms with E-state index < -0.39 is 0 Å². The topological polar surface area (TPSA) is 29.9 Å². The average molecular weight is 211 g/mol. The molecule has 80 valence electrons. The summed E-state index contributed by atoms with van der Waals surface area (Å²) >= 11 is 0. The highest BCUT2D eigenvalue weighted by molar-refractivity contribution is 5.41. The molecule has 2 aromatic rings. The van der Waals surface area contributed by atoms with Crippen molar-refractivity contribution >= 4 is 5.69 Å². The van der Waals surface area contributed by atoms with Crippen molar-refractivity contribution in [1.29, 1.82) is 0 Å². The van der Waals surface area contributed by atoms with Gasteiger partial charge in [-0.2, -0.15) is 5.10 Å². The van der Waals surface area contributed by atoms with Gasteiger partial charge in [0, 0.05) is 18.8 Å². The Bertz CT molecular complexity index is 503. The van der Waals surface area contributed by atoms with E-state index in [4.69, 9.17) is 0 Å². The minimum absolute atomic E-state index is 0.626. The predicted molar refractivity (Wildman–Crippen MR) is 65.0 cm³/mol. The van der Waals surface area contributed by atoms with Gasteiger partial charge < -0.3 is 5.32 Å². The Morgan fingerprint density at radius 1 is 1.31 bits per heavy atom. The molecule has 0 aliphatic carbocycles. The molecule has 0 saturated heterocycles. The summed E-state index contributed by atoms with van der Waals surface area (Å²) in [6, 6.07) is 9.95. The first-order valence-electron chi connectivity index (χ1n) is 5.11. The van der Waals surface area contributed by atoms with Gasteiger partial charge in [-0.05, 0) is 12.1 Å². The molecule has 1 N–H and O–H groups in total. The molecule has 0 spiro atoms. The third kappa shape index (κ3) is 2.89. The normalized spacial score (nSPS) is 9.31. The van der Waals surface area contributed by atoms with Gasteiger partial charge in [-0.1, -0.05) is 30.0 Å². The van der Waals surface area contributed by atoms with E-state index in [0.717, 1.165) is 11.3 Å². The van der Waals surface area contributed by atoms with E-state index in [-0.39, 0.29) is 0 Å². The maximum atomic E-state index is 4.06. The van der Waals surface area contributed by atoms with E-state index >= 15 is 0 Å². The van der Waals surface area contributed by atoms with Crippen molar-refractivity contribution in [3.8, 4) is 11.8 Å². The Hall–Kier alpha value is -2.21. The standard InChI is InChI=1S/C13H13N3/c1-16-11-13(10-15-16)14-9-5-8-12-6-3-2-4-7-12/h2-4,6-7,10-11,14H,9H2,1H3. The molecule has 0 amide bonds. The molecule has 0 bridgehead atoms. The van der Waals surface area contributed by atoms with E-state index in [2.05, 4.69) is 22.3 Å². The second-order valence-corrected chi connectivity index (χ2v) is 3.42. The Kier molecular flexibility index (Phi) is 3.25. The first-order valence-corrected chi connectivity index (χ1v) is 5.11. The molecule has 0 aliphatic heterocycles. The highest BCUT2D eigenvalue weighted by Crippen LogP contribution is 2.01. The third-order valence-electron chi connectivity index (χ3n) is 2.09. The van der Waals surface area contributed by atoms with Crippen molar-refractivity contribution in [2.45, 2.75) is 0 Å². The van der Waals surface area contributed by atoms with Crippen LogP contribution in [0.5, 0.6) is 0 Å². The van der Waals surface area contributed by atoms with Crippen molar-refractivity contribution in [1.82, 2.24) is 9.78 Å². The number of aromatic nitrogens is 2. The number of nitrogens with zero attached hydrogens (tertiary/aromatic N) is 2. The van der Waals surface area contributed by atoms with E-state index in [1.807, 2.05) is 43.6 Å². The number of aryl methyl sites for hydroxylation is 1. The number of rotatable bonds is 2. The number of nitrogens with one attached hydrogen (secondary N) is 1. The monoisotopic (exact) mass is 211 g/mol. The van der Waals surface area contributed by atoms with Crippen LogP contribution in [-0.2, 0) is 7.05 Å². The van der Waals surface area contributed by atoms with Crippen LogP contribution >= 0.6 is 0 Å². The first kappa shape index (κ1) is 10.3. The van der Waals surface area contributed by atoms with Crippen LogP contribution < -0.4 is 5.32 Å². The van der Waals surface area contributed by atoms with Gasteiger partial charge in [-0.15, -0.1) is 0 Å². The largest absolute Gasteiger partial charge is 0.372 e. The predicted octanol–water partition coefficient (Wildman–Crippen LogP) is 1.88. The quantitative estimate of drug-likeness (QED) is 0.769. The molecule has 0 aliphatic rings. The lowest BCUT2D eigenvalue weighted by atomic mass is 10.2. The fraction of sp³-hybridized carbons (Fsp3) is 0.154. The van der Waals surface area contributed by atoms with Crippen LogP contribution in [0, 0.1) is 11.8 Å². The molecule has 0 radical (unpaired) electrons. The van der Waals surface area contributed by atoms with Crippen LogP contribution in [0.4, 0.5) is 5.69 Å². The molecule has 1 aromatic heterocycles. The van der Waals surface area contributed by atoms with Crippen molar-refractivity contribution in [3.05, 3.63) is 48.3 Å². The van der Waals surface area contributed by atoms with Crippen molar-refractivity contribution in [2.75, 3.05) is 11.9 Å². The van der Waals surface area contributed by atoms with Gasteiger partial charge in [0.15, 0.2) is 0 Å². The number of anilines is 1. The van der Waals surface area contributed by atoms with Crippen molar-refractivity contribution in [3.63, 3.8) is 0 Å². The minimum Gasteiger partial charge on any atom is -0.372 e. The lowest BCUT2D eigenvalue weighted by Crippen LogP contribution is -1.97. The van der Waals surface area contributed by atoms with Gasteiger partial charge in [0.25, 0.3) is 0 Å². The van der Waals surface area contributed by atoms with Crippen LogP contribution in [0.15, 0.2) is 42.7 Å². The Labute approximate surface area is 95.1 Å². The van der Waals surface area contributed by atoms with Gasteiger partial charge in [0.1, 0.15) is 0 Å². The second-order valence-electron chi connectivity index (χ2n) is 3.42. The molecule has 3 heteroatoms. The zero-order valence-corrected chi connectivity index (χ0v) is 9.14. The summed E-state index contributed by atoms with van der Waals surface area (Å²) in [4.78, 5) is 0. The molecule has 0 atom stereocenters. The van der Waals surface area contributed by atoms with Crippen LogP contribution in [-0.4, -0.2) is 16.3 Å². The molecule has 16 heavy (non-hydrogen) atoms. The first-order chi connectivity index (χ1) is 7.84. The fourth-order valence-electron chi connectivity index (χ4n) is 1.33. The molecular weight excluding hydrogens is 198 g/mol. The molecule has 1 aromatic carbocycles. The van der Waals surface area contributed by atoms with Gasteiger partial charge in [0.2, 0.25) is 0 Å². The molecule has 1 heterocycles. The van der Waals surface area contributed by atoms with E-state index in [9.17, 15) is 0 Å². The smallest absolute Gasteiger partial charge is 0.0770 e. The lowest BCUT2D eigenvalue weighted by molar-refractivity contribution is 0.768. The van der Waals surface area contributed by atoms with Crippen LogP contribution in [0.3, 0.4) is 0 Å². The molecule has 0 fully saturated rings. The zero-order valence-electron chi connectivity index (χ0n) is 9.14. The summed E-state index contributed by atoms with van der Waals surface area (Å²) in [5.41, 5.74) is 2.03. The second kappa shape index (κ2) is 5.04. The van der Waals surface area contributed by atoms with Crippen LogP contribution in [0.25, 0.3) is 0 Å². The molecule has 0 unspecified atom stereocenters. The highest BCUT2D eigenvalue weighted by Gasteiger charge is 1.91. The van der Waals surface area contributed by atoms with Crippen molar-refractivity contribution in [2.24, 2.45) is 7.05 Å². The molecular formula is C13H13N3. The maximum Gasteiger partial charge on any atom is 0.0770 e. The van der Waals surface area contributed by atoms with E-state index in [0.29, 0.717) is 6.54 Å². The number of hydrogen-bond acceptors (Lipinski definition) is 2. The summed E-state index contributed by atoms with van der Waals surface area (Å²) < 4.78 is 1.76. The summed E-state index contributed by atoms with van der Waals surface area (Å²) in [6.07, 6.45) is 3.70. The average Bonchev–Trinajstić information content (AvgIpc) is 2.72. The van der Waals surface area contributed by atoms with E-state index in [1.165, 1.54) is 0 Å². The highest BCUT2D eigenvalue weighted by atomic mass is 15.3. The summed E-state index contributed by atoms with van der Waals surface area (Å²) in [5, 5.41) is 7.24. The summed E-state index contributed by atoms with van der Waals surface area (Å²) in [6.45, 7) is 0.626. The Morgan fingerprint density at radius 3 is 2.81 bits per heavy atom. The molecule has 3 nitrogen and oxygen atoms in total.